The molecule has 1 aromatic carbocycles. The fourth-order valence-corrected chi connectivity index (χ4v) is 3.82. The number of ether oxygens (including phenoxy) is 2. The number of carboxylic acid groups (broad SMARTS) is 1. The van der Waals surface area contributed by atoms with Gasteiger partial charge in [-0.25, -0.2) is 0 Å². The molecule has 4 nitrogen and oxygen atoms in total. The molecule has 120 valence electrons. The third kappa shape index (κ3) is 2.34. The quantitative estimate of drug-likeness (QED) is 0.921. The molecule has 0 bridgehead atoms. The molecule has 22 heavy (non-hydrogen) atoms. The number of rotatable bonds is 3. The molecule has 0 spiro atoms. The van der Waals surface area contributed by atoms with E-state index in [9.17, 15) is 9.90 Å². The Morgan fingerprint density at radius 3 is 2.45 bits per heavy atom. The number of benzene rings is 1. The average Bonchev–Trinajstić information content (AvgIpc) is 2.86. The van der Waals surface area contributed by atoms with E-state index in [0.717, 1.165) is 41.9 Å². The molecular formula is C18H24O4. The van der Waals surface area contributed by atoms with Gasteiger partial charge in [0.1, 0.15) is 0 Å². The van der Waals surface area contributed by atoms with Crippen LogP contribution in [0.1, 0.15) is 63.0 Å². The first-order valence-corrected chi connectivity index (χ1v) is 8.22. The molecule has 1 aliphatic carbocycles. The van der Waals surface area contributed by atoms with Gasteiger partial charge in [0, 0.05) is 12.0 Å². The van der Waals surface area contributed by atoms with E-state index in [2.05, 4.69) is 13.8 Å². The molecule has 0 atom stereocenters. The lowest BCUT2D eigenvalue weighted by atomic mass is 9.74. The standard InChI is InChI=1S/C18H24O4/c1-12(2)15-13(18(17(19)20)8-3-4-9-18)6-7-14-16(15)22-11-5-10-21-14/h6-7,12H,3-5,8-11H2,1-2H3,(H,19,20). The van der Waals surface area contributed by atoms with Crippen molar-refractivity contribution in [1.29, 1.82) is 0 Å². The predicted octanol–water partition coefficient (Wildman–Crippen LogP) is 3.87. The maximum absolute atomic E-state index is 12.1. The highest BCUT2D eigenvalue weighted by molar-refractivity contribution is 5.83. The summed E-state index contributed by atoms with van der Waals surface area (Å²) in [5, 5.41) is 9.91. The zero-order chi connectivity index (χ0) is 15.7. The van der Waals surface area contributed by atoms with E-state index in [1.54, 1.807) is 0 Å². The van der Waals surface area contributed by atoms with Gasteiger partial charge in [-0.2, -0.15) is 0 Å². The Hall–Kier alpha value is -1.71. The second-order valence-electron chi connectivity index (χ2n) is 6.65. The Bertz CT molecular complexity index is 571. The van der Waals surface area contributed by atoms with Crippen LogP contribution in [-0.4, -0.2) is 24.3 Å². The Labute approximate surface area is 131 Å². The summed E-state index contributed by atoms with van der Waals surface area (Å²) in [5.41, 5.74) is 1.19. The average molecular weight is 304 g/mol. The van der Waals surface area contributed by atoms with Gasteiger partial charge in [0.25, 0.3) is 0 Å². The van der Waals surface area contributed by atoms with E-state index in [4.69, 9.17) is 9.47 Å². The van der Waals surface area contributed by atoms with Crippen molar-refractivity contribution in [2.24, 2.45) is 0 Å². The highest BCUT2D eigenvalue weighted by Crippen LogP contribution is 2.49. The monoisotopic (exact) mass is 304 g/mol. The molecule has 0 unspecified atom stereocenters. The Morgan fingerprint density at radius 1 is 1.14 bits per heavy atom. The molecule has 2 aliphatic rings. The predicted molar refractivity (Wildman–Crippen MR) is 83.9 cm³/mol. The molecule has 0 radical (unpaired) electrons. The maximum atomic E-state index is 12.1. The third-order valence-corrected chi connectivity index (χ3v) is 4.91. The van der Waals surface area contributed by atoms with Crippen molar-refractivity contribution in [2.75, 3.05) is 13.2 Å². The molecule has 1 aliphatic heterocycles. The number of carbonyl (C=O) groups is 1. The summed E-state index contributed by atoms with van der Waals surface area (Å²) in [6, 6.07) is 3.85. The van der Waals surface area contributed by atoms with Crippen LogP contribution in [0.15, 0.2) is 12.1 Å². The van der Waals surface area contributed by atoms with E-state index in [1.807, 2.05) is 12.1 Å². The summed E-state index contributed by atoms with van der Waals surface area (Å²) in [6.07, 6.45) is 4.21. The van der Waals surface area contributed by atoms with Gasteiger partial charge < -0.3 is 14.6 Å². The van der Waals surface area contributed by atoms with Crippen molar-refractivity contribution in [3.63, 3.8) is 0 Å². The molecule has 0 aromatic heterocycles. The van der Waals surface area contributed by atoms with Gasteiger partial charge in [-0.05, 0) is 30.4 Å². The second kappa shape index (κ2) is 5.82. The van der Waals surface area contributed by atoms with Crippen LogP contribution < -0.4 is 9.47 Å². The summed E-state index contributed by atoms with van der Waals surface area (Å²) >= 11 is 0. The molecule has 1 fully saturated rings. The van der Waals surface area contributed by atoms with E-state index in [-0.39, 0.29) is 5.92 Å². The van der Waals surface area contributed by atoms with E-state index in [1.165, 1.54) is 0 Å². The van der Waals surface area contributed by atoms with Crippen LogP contribution in [0.3, 0.4) is 0 Å². The largest absolute Gasteiger partial charge is 0.490 e. The Kier molecular flexibility index (Phi) is 4.02. The zero-order valence-corrected chi connectivity index (χ0v) is 13.4. The van der Waals surface area contributed by atoms with Crippen molar-refractivity contribution in [2.45, 2.75) is 57.3 Å². The van der Waals surface area contributed by atoms with Crippen molar-refractivity contribution in [3.8, 4) is 11.5 Å². The summed E-state index contributed by atoms with van der Waals surface area (Å²) in [4.78, 5) is 12.1. The summed E-state index contributed by atoms with van der Waals surface area (Å²) < 4.78 is 11.7. The molecule has 0 saturated heterocycles. The number of aliphatic carboxylic acids is 1. The topological polar surface area (TPSA) is 55.8 Å². The minimum atomic E-state index is -0.760. The number of fused-ring (bicyclic) bond motifs is 1. The fraction of sp³-hybridized carbons (Fsp3) is 0.611. The molecule has 4 heteroatoms. The van der Waals surface area contributed by atoms with Crippen LogP contribution in [0.5, 0.6) is 11.5 Å². The van der Waals surface area contributed by atoms with Gasteiger partial charge in [0.05, 0.1) is 18.6 Å². The van der Waals surface area contributed by atoms with Crippen molar-refractivity contribution in [3.05, 3.63) is 23.3 Å². The highest BCUT2D eigenvalue weighted by Gasteiger charge is 2.45. The van der Waals surface area contributed by atoms with Crippen LogP contribution in [0.25, 0.3) is 0 Å². The van der Waals surface area contributed by atoms with Crippen LogP contribution in [0.2, 0.25) is 0 Å². The van der Waals surface area contributed by atoms with Crippen molar-refractivity contribution >= 4 is 5.97 Å². The first kappa shape index (κ1) is 15.2. The van der Waals surface area contributed by atoms with Gasteiger partial charge in [-0.15, -0.1) is 0 Å². The highest BCUT2D eigenvalue weighted by atomic mass is 16.5. The smallest absolute Gasteiger partial charge is 0.314 e. The zero-order valence-electron chi connectivity index (χ0n) is 13.4. The van der Waals surface area contributed by atoms with Crippen LogP contribution in [0, 0.1) is 0 Å². The van der Waals surface area contributed by atoms with Crippen molar-refractivity contribution in [1.82, 2.24) is 0 Å². The number of carboxylic acids is 1. The van der Waals surface area contributed by atoms with Crippen LogP contribution >= 0.6 is 0 Å². The maximum Gasteiger partial charge on any atom is 0.314 e. The second-order valence-corrected chi connectivity index (χ2v) is 6.65. The van der Waals surface area contributed by atoms with Crippen molar-refractivity contribution < 1.29 is 19.4 Å². The van der Waals surface area contributed by atoms with Gasteiger partial charge in [-0.3, -0.25) is 4.79 Å². The molecular weight excluding hydrogens is 280 g/mol. The minimum absolute atomic E-state index is 0.198. The van der Waals surface area contributed by atoms with E-state index >= 15 is 0 Å². The first-order valence-electron chi connectivity index (χ1n) is 8.22. The first-order chi connectivity index (χ1) is 10.6. The Balaban J connectivity index is 2.19. The summed E-state index contributed by atoms with van der Waals surface area (Å²) in [6.45, 7) is 5.46. The Morgan fingerprint density at radius 2 is 1.82 bits per heavy atom. The van der Waals surface area contributed by atoms with Crippen LogP contribution in [-0.2, 0) is 10.2 Å². The number of hydrogen-bond acceptors (Lipinski definition) is 3. The molecule has 1 saturated carbocycles. The fourth-order valence-electron chi connectivity index (χ4n) is 3.82. The SMILES string of the molecule is CC(C)c1c(C2(C(=O)O)CCCC2)ccc2c1OCCCO2. The normalized spacial score (nSPS) is 20.0. The van der Waals surface area contributed by atoms with Crippen LogP contribution in [0.4, 0.5) is 0 Å². The van der Waals surface area contributed by atoms with Gasteiger partial charge >= 0.3 is 5.97 Å². The molecule has 3 rings (SSSR count). The molecule has 1 N–H and O–H groups in total. The summed E-state index contributed by atoms with van der Waals surface area (Å²) in [7, 11) is 0. The molecule has 1 aromatic rings. The van der Waals surface area contributed by atoms with Gasteiger partial charge in [0.2, 0.25) is 0 Å². The lowest BCUT2D eigenvalue weighted by Crippen LogP contribution is -2.34. The lowest BCUT2D eigenvalue weighted by molar-refractivity contribution is -0.143. The minimum Gasteiger partial charge on any atom is -0.490 e. The lowest BCUT2D eigenvalue weighted by Gasteiger charge is -2.30. The van der Waals surface area contributed by atoms with E-state index < -0.39 is 11.4 Å². The van der Waals surface area contributed by atoms with E-state index in [0.29, 0.717) is 26.1 Å². The molecule has 0 amide bonds. The van der Waals surface area contributed by atoms with Gasteiger partial charge in [0.15, 0.2) is 11.5 Å². The summed E-state index contributed by atoms with van der Waals surface area (Å²) in [5.74, 6) is 1.01. The van der Waals surface area contributed by atoms with Gasteiger partial charge in [-0.1, -0.05) is 32.8 Å². The molecule has 1 heterocycles. The third-order valence-electron chi connectivity index (χ3n) is 4.91. The number of hydrogen-bond donors (Lipinski definition) is 1.